The van der Waals surface area contributed by atoms with Gasteiger partial charge in [0.15, 0.2) is 0 Å². The van der Waals surface area contributed by atoms with Crippen molar-refractivity contribution in [3.63, 3.8) is 0 Å². The number of aliphatic hydroxyl groups is 1. The van der Waals surface area contributed by atoms with Crippen LogP contribution in [0.15, 0.2) is 53.6 Å². The summed E-state index contributed by atoms with van der Waals surface area (Å²) in [5.41, 5.74) is 6.36. The SMILES string of the molecule is COC(=O)N1C(=O)[C@@H]2[C@@H](CC(CO)=C3[C@@H](CC/C(=C/c4cc(C)c(O)c(C)c4)c4ccccc4)OC[C@@H]32)C1=O. The molecule has 2 N–H and O–H groups in total. The third kappa shape index (κ3) is 4.79. The molecule has 8 nitrogen and oxygen atoms in total. The van der Waals surface area contributed by atoms with Crippen LogP contribution in [0.25, 0.3) is 11.6 Å². The summed E-state index contributed by atoms with van der Waals surface area (Å²) < 4.78 is 10.9. The van der Waals surface area contributed by atoms with Crippen molar-refractivity contribution in [3.8, 4) is 5.75 Å². The minimum Gasteiger partial charge on any atom is -0.507 e. The fourth-order valence-corrected chi connectivity index (χ4v) is 6.40. The van der Waals surface area contributed by atoms with E-state index in [0.717, 1.165) is 40.5 Å². The number of aliphatic hydroxyl groups excluding tert-OH is 1. The molecule has 4 atom stereocenters. The van der Waals surface area contributed by atoms with Gasteiger partial charge in [-0.15, -0.1) is 0 Å². The summed E-state index contributed by atoms with van der Waals surface area (Å²) in [7, 11) is 1.14. The predicted molar refractivity (Wildman–Crippen MR) is 144 cm³/mol. The fraction of sp³-hybridized carbons (Fsp3) is 0.387. The number of rotatable bonds is 6. The second-order valence-electron chi connectivity index (χ2n) is 10.5. The van der Waals surface area contributed by atoms with Gasteiger partial charge in [0.2, 0.25) is 11.8 Å². The van der Waals surface area contributed by atoms with Gasteiger partial charge < -0.3 is 19.7 Å². The first-order chi connectivity index (χ1) is 18.7. The van der Waals surface area contributed by atoms with Gasteiger partial charge in [-0.3, -0.25) is 9.59 Å². The lowest BCUT2D eigenvalue weighted by Crippen LogP contribution is -2.38. The molecule has 2 heterocycles. The van der Waals surface area contributed by atoms with Crippen LogP contribution in [-0.2, 0) is 19.1 Å². The Kier molecular flexibility index (Phi) is 7.42. The van der Waals surface area contributed by atoms with E-state index in [9.17, 15) is 24.6 Å². The Morgan fingerprint density at radius 1 is 1.10 bits per heavy atom. The number of allylic oxidation sites excluding steroid dienone is 1. The van der Waals surface area contributed by atoms with Crippen LogP contribution in [0.4, 0.5) is 4.79 Å². The largest absolute Gasteiger partial charge is 0.507 e. The smallest absolute Gasteiger partial charge is 0.423 e. The zero-order valence-corrected chi connectivity index (χ0v) is 22.3. The second kappa shape index (κ2) is 10.8. The summed E-state index contributed by atoms with van der Waals surface area (Å²) in [4.78, 5) is 38.9. The number of methoxy groups -OCH3 is 1. The molecular formula is C31H33NO7. The highest BCUT2D eigenvalue weighted by Gasteiger charge is 2.58. The van der Waals surface area contributed by atoms with Crippen LogP contribution in [0, 0.1) is 31.6 Å². The van der Waals surface area contributed by atoms with Crippen LogP contribution in [0.5, 0.6) is 5.75 Å². The van der Waals surface area contributed by atoms with E-state index in [0.29, 0.717) is 29.1 Å². The first-order valence-corrected chi connectivity index (χ1v) is 13.2. The van der Waals surface area contributed by atoms with Crippen molar-refractivity contribution in [1.29, 1.82) is 0 Å². The zero-order chi connectivity index (χ0) is 27.8. The summed E-state index contributed by atoms with van der Waals surface area (Å²) in [5, 5.41) is 20.4. The number of phenols is 1. The molecule has 3 amide bonds. The molecule has 1 aliphatic carbocycles. The van der Waals surface area contributed by atoms with E-state index >= 15 is 0 Å². The summed E-state index contributed by atoms with van der Waals surface area (Å²) in [6.45, 7) is 3.77. The molecule has 204 valence electrons. The van der Waals surface area contributed by atoms with Crippen LogP contribution < -0.4 is 0 Å². The summed E-state index contributed by atoms with van der Waals surface area (Å²) >= 11 is 0. The Bertz CT molecular complexity index is 1350. The molecule has 8 heteroatoms. The molecule has 3 aliphatic rings. The van der Waals surface area contributed by atoms with E-state index in [2.05, 4.69) is 22.9 Å². The zero-order valence-electron chi connectivity index (χ0n) is 22.3. The van der Waals surface area contributed by atoms with E-state index in [1.165, 1.54) is 0 Å². The van der Waals surface area contributed by atoms with Crippen molar-refractivity contribution in [1.82, 2.24) is 4.90 Å². The average Bonchev–Trinajstić information content (AvgIpc) is 3.47. The van der Waals surface area contributed by atoms with Crippen molar-refractivity contribution in [3.05, 3.63) is 75.9 Å². The van der Waals surface area contributed by atoms with Crippen molar-refractivity contribution in [2.24, 2.45) is 17.8 Å². The maximum atomic E-state index is 13.2. The minimum atomic E-state index is -0.973. The van der Waals surface area contributed by atoms with Gasteiger partial charge in [-0.1, -0.05) is 36.4 Å². The van der Waals surface area contributed by atoms with E-state index < -0.39 is 29.7 Å². The highest BCUT2D eigenvalue weighted by atomic mass is 16.5. The molecule has 0 unspecified atom stereocenters. The Hall–Kier alpha value is -3.75. The number of aryl methyl sites for hydroxylation is 2. The van der Waals surface area contributed by atoms with Crippen LogP contribution in [0.1, 0.15) is 41.5 Å². The number of fused-ring (bicyclic) bond motifs is 3. The molecule has 39 heavy (non-hydrogen) atoms. The Labute approximate surface area is 227 Å². The van der Waals surface area contributed by atoms with Gasteiger partial charge in [-0.2, -0.15) is 4.90 Å². The van der Waals surface area contributed by atoms with Gasteiger partial charge in [0.25, 0.3) is 0 Å². The number of imide groups is 3. The third-order valence-corrected chi connectivity index (χ3v) is 8.23. The van der Waals surface area contributed by atoms with E-state index in [-0.39, 0.29) is 31.7 Å². The standard InChI is InChI=1S/C31H33NO7/c1-17-11-19(12-18(2)28(17)34)13-21(20-7-5-4-6-8-20)9-10-25-26-22(15-33)14-23-27(24(26)16-39-25)30(36)32(29(23)35)31(37)38-3/h4-8,11-13,23-25,27,33-34H,9-10,14-16H2,1-3H3/b21-13-/t23-,24+,25-,27-/m1/s1. The number of hydrogen-bond donors (Lipinski definition) is 2. The number of nitrogens with zero attached hydrogens (tertiary/aromatic N) is 1. The Morgan fingerprint density at radius 3 is 2.44 bits per heavy atom. The van der Waals surface area contributed by atoms with E-state index in [1.807, 2.05) is 44.2 Å². The lowest BCUT2D eigenvalue weighted by atomic mass is 9.69. The predicted octanol–water partition coefficient (Wildman–Crippen LogP) is 4.41. The lowest BCUT2D eigenvalue weighted by molar-refractivity contribution is -0.137. The molecule has 2 aromatic carbocycles. The maximum Gasteiger partial charge on any atom is 0.423 e. The van der Waals surface area contributed by atoms with E-state index in [1.54, 1.807) is 0 Å². The van der Waals surface area contributed by atoms with Crippen molar-refractivity contribution in [2.45, 2.75) is 39.2 Å². The monoisotopic (exact) mass is 531 g/mol. The van der Waals surface area contributed by atoms with Crippen molar-refractivity contribution in [2.75, 3.05) is 20.3 Å². The molecule has 0 aromatic heterocycles. The average molecular weight is 532 g/mol. The molecule has 2 aromatic rings. The van der Waals surface area contributed by atoms with Crippen LogP contribution >= 0.6 is 0 Å². The number of carbonyl (C=O) groups is 3. The number of likely N-dealkylation sites (tertiary alicyclic amines) is 1. The van der Waals surface area contributed by atoms with Crippen molar-refractivity contribution >= 4 is 29.6 Å². The number of carbonyl (C=O) groups excluding carboxylic acids is 3. The van der Waals surface area contributed by atoms with E-state index in [4.69, 9.17) is 4.74 Å². The topological polar surface area (TPSA) is 113 Å². The molecule has 5 rings (SSSR count). The summed E-state index contributed by atoms with van der Waals surface area (Å²) in [5.74, 6) is -2.59. The van der Waals surface area contributed by atoms with Gasteiger partial charge in [-0.05, 0) is 84.2 Å². The fourth-order valence-electron chi connectivity index (χ4n) is 6.40. The lowest BCUT2D eigenvalue weighted by Gasteiger charge is -2.31. The first kappa shape index (κ1) is 26.8. The molecule has 0 radical (unpaired) electrons. The summed E-state index contributed by atoms with van der Waals surface area (Å²) in [6, 6.07) is 14.0. The number of phenolic OH excluding ortho intramolecular Hbond substituents is 1. The maximum absolute atomic E-state index is 13.2. The molecule has 2 fully saturated rings. The number of ether oxygens (including phenoxy) is 2. The highest BCUT2D eigenvalue weighted by molar-refractivity contribution is 6.16. The Balaban J connectivity index is 1.43. The molecule has 0 saturated carbocycles. The van der Waals surface area contributed by atoms with Crippen LogP contribution in [0.2, 0.25) is 0 Å². The Morgan fingerprint density at radius 2 is 1.79 bits per heavy atom. The normalized spacial score (nSPS) is 24.7. The molecule has 0 bridgehead atoms. The van der Waals surface area contributed by atoms with Crippen LogP contribution in [-0.4, -0.2) is 59.4 Å². The molecule has 2 aliphatic heterocycles. The van der Waals surface area contributed by atoms with Gasteiger partial charge >= 0.3 is 6.09 Å². The van der Waals surface area contributed by atoms with Gasteiger partial charge in [0, 0.05) is 5.92 Å². The highest BCUT2D eigenvalue weighted by Crippen LogP contribution is 2.50. The third-order valence-electron chi connectivity index (χ3n) is 8.23. The molecule has 0 spiro atoms. The number of benzene rings is 2. The van der Waals surface area contributed by atoms with Crippen LogP contribution in [0.3, 0.4) is 0 Å². The molecule has 2 saturated heterocycles. The summed E-state index contributed by atoms with van der Waals surface area (Å²) in [6.07, 6.45) is 2.33. The minimum absolute atomic E-state index is 0.221. The number of aromatic hydroxyl groups is 1. The van der Waals surface area contributed by atoms with Gasteiger partial charge in [0.1, 0.15) is 5.75 Å². The molecular weight excluding hydrogens is 498 g/mol. The van der Waals surface area contributed by atoms with Gasteiger partial charge in [0.05, 0.1) is 38.3 Å². The quantitative estimate of drug-likeness (QED) is 0.323. The number of amides is 3. The van der Waals surface area contributed by atoms with Gasteiger partial charge in [-0.25, -0.2) is 4.79 Å². The van der Waals surface area contributed by atoms with Crippen molar-refractivity contribution < 1.29 is 34.1 Å². The number of hydrogen-bond acceptors (Lipinski definition) is 7. The first-order valence-electron chi connectivity index (χ1n) is 13.2. The second-order valence-corrected chi connectivity index (χ2v) is 10.5.